The summed E-state index contributed by atoms with van der Waals surface area (Å²) < 4.78 is 1.95. The summed E-state index contributed by atoms with van der Waals surface area (Å²) in [7, 11) is 0. The summed E-state index contributed by atoms with van der Waals surface area (Å²) in [4.78, 5) is 4.39. The average Bonchev–Trinajstić information content (AvgIpc) is 2.94. The molecular formula is C16H25N5. The maximum Gasteiger partial charge on any atom is 0.138 e. The van der Waals surface area contributed by atoms with Crippen LogP contribution in [-0.2, 0) is 11.8 Å². The predicted molar refractivity (Wildman–Crippen MR) is 84.7 cm³/mol. The highest BCUT2D eigenvalue weighted by Gasteiger charge is 2.32. The summed E-state index contributed by atoms with van der Waals surface area (Å²) in [6.07, 6.45) is 2.34. The molecule has 1 aromatic carbocycles. The number of rotatable bonds is 6. The van der Waals surface area contributed by atoms with E-state index in [1.165, 1.54) is 5.56 Å². The van der Waals surface area contributed by atoms with Crippen molar-refractivity contribution in [3.8, 4) is 0 Å². The summed E-state index contributed by atoms with van der Waals surface area (Å²) >= 11 is 0. The van der Waals surface area contributed by atoms with Crippen molar-refractivity contribution in [1.29, 1.82) is 0 Å². The van der Waals surface area contributed by atoms with Crippen molar-refractivity contribution < 1.29 is 0 Å². The Bertz CT molecular complexity index is 559. The minimum Gasteiger partial charge on any atom is -0.271 e. The lowest BCUT2D eigenvalue weighted by Crippen LogP contribution is -2.50. The monoisotopic (exact) mass is 287 g/mol. The molecule has 0 saturated heterocycles. The highest BCUT2D eigenvalue weighted by atomic mass is 15.3. The third-order valence-electron chi connectivity index (χ3n) is 4.11. The zero-order valence-corrected chi connectivity index (χ0v) is 13.2. The zero-order chi connectivity index (χ0) is 15.5. The summed E-state index contributed by atoms with van der Waals surface area (Å²) in [5.74, 6) is 6.79. The van der Waals surface area contributed by atoms with Crippen molar-refractivity contribution in [3.63, 3.8) is 0 Å². The van der Waals surface area contributed by atoms with E-state index in [9.17, 15) is 0 Å². The number of benzene rings is 1. The summed E-state index contributed by atoms with van der Waals surface area (Å²) in [6.45, 7) is 8.60. The van der Waals surface area contributed by atoms with Gasteiger partial charge in [0.1, 0.15) is 12.2 Å². The average molecular weight is 287 g/mol. The fourth-order valence-electron chi connectivity index (χ4n) is 2.63. The van der Waals surface area contributed by atoms with Gasteiger partial charge in [0.05, 0.1) is 0 Å². The lowest BCUT2D eigenvalue weighted by molar-refractivity contribution is 0.329. The Balaban J connectivity index is 2.25. The summed E-state index contributed by atoms with van der Waals surface area (Å²) in [5, 5.41) is 4.29. The molecule has 1 heterocycles. The summed E-state index contributed by atoms with van der Waals surface area (Å²) in [6, 6.07) is 10.8. The SMILES string of the molecule is CC(C)n1ncnc1CC(NN)C(C)(C)c1ccccc1. The molecule has 0 fully saturated rings. The molecular weight excluding hydrogens is 262 g/mol. The van der Waals surface area contributed by atoms with Crippen LogP contribution in [0.2, 0.25) is 0 Å². The molecule has 1 unspecified atom stereocenters. The van der Waals surface area contributed by atoms with Crippen LogP contribution in [0.5, 0.6) is 0 Å². The van der Waals surface area contributed by atoms with E-state index in [1.807, 2.05) is 10.7 Å². The van der Waals surface area contributed by atoms with Crippen LogP contribution in [0.4, 0.5) is 0 Å². The smallest absolute Gasteiger partial charge is 0.138 e. The van der Waals surface area contributed by atoms with Crippen LogP contribution in [0.3, 0.4) is 0 Å². The minimum absolute atomic E-state index is 0.0709. The van der Waals surface area contributed by atoms with Crippen LogP contribution in [-0.4, -0.2) is 20.8 Å². The molecule has 114 valence electrons. The van der Waals surface area contributed by atoms with Gasteiger partial charge in [-0.05, 0) is 19.4 Å². The Kier molecular flexibility index (Phi) is 4.75. The molecule has 1 atom stereocenters. The highest BCUT2D eigenvalue weighted by Crippen LogP contribution is 2.28. The van der Waals surface area contributed by atoms with E-state index in [0.717, 1.165) is 12.2 Å². The Morgan fingerprint density at radius 1 is 1.24 bits per heavy atom. The minimum atomic E-state index is -0.107. The van der Waals surface area contributed by atoms with Crippen LogP contribution in [0.15, 0.2) is 36.7 Å². The second-order valence-electron chi connectivity index (χ2n) is 6.23. The number of hydrazine groups is 1. The van der Waals surface area contributed by atoms with Gasteiger partial charge in [0.2, 0.25) is 0 Å². The van der Waals surface area contributed by atoms with Gasteiger partial charge in [-0.3, -0.25) is 11.3 Å². The first-order valence-electron chi connectivity index (χ1n) is 7.37. The molecule has 2 aromatic rings. The molecule has 0 amide bonds. The molecule has 0 aliphatic heterocycles. The molecule has 0 aliphatic rings. The van der Waals surface area contributed by atoms with Gasteiger partial charge in [0.15, 0.2) is 0 Å². The first-order chi connectivity index (χ1) is 9.96. The van der Waals surface area contributed by atoms with Gasteiger partial charge in [0.25, 0.3) is 0 Å². The maximum absolute atomic E-state index is 5.83. The maximum atomic E-state index is 5.83. The van der Waals surface area contributed by atoms with Gasteiger partial charge in [-0.2, -0.15) is 5.10 Å². The van der Waals surface area contributed by atoms with Crippen LogP contribution in [0.25, 0.3) is 0 Å². The normalized spacial score (nSPS) is 13.6. The topological polar surface area (TPSA) is 68.8 Å². The first-order valence-corrected chi connectivity index (χ1v) is 7.37. The molecule has 0 aliphatic carbocycles. The Hall–Kier alpha value is -1.72. The number of aromatic nitrogens is 3. The molecule has 5 heteroatoms. The van der Waals surface area contributed by atoms with Crippen molar-refractivity contribution in [1.82, 2.24) is 20.2 Å². The highest BCUT2D eigenvalue weighted by molar-refractivity contribution is 5.26. The molecule has 0 spiro atoms. The number of nitrogens with zero attached hydrogens (tertiary/aromatic N) is 3. The van der Waals surface area contributed by atoms with E-state index in [4.69, 9.17) is 5.84 Å². The van der Waals surface area contributed by atoms with Gasteiger partial charge >= 0.3 is 0 Å². The van der Waals surface area contributed by atoms with E-state index < -0.39 is 0 Å². The third kappa shape index (κ3) is 3.31. The van der Waals surface area contributed by atoms with Gasteiger partial charge in [-0.15, -0.1) is 0 Å². The molecule has 1 aromatic heterocycles. The Morgan fingerprint density at radius 2 is 1.90 bits per heavy atom. The van der Waals surface area contributed by atoms with Crippen LogP contribution in [0, 0.1) is 0 Å². The van der Waals surface area contributed by atoms with Crippen molar-refractivity contribution >= 4 is 0 Å². The fourth-order valence-corrected chi connectivity index (χ4v) is 2.63. The number of hydrogen-bond donors (Lipinski definition) is 2. The molecule has 0 bridgehead atoms. The quantitative estimate of drug-likeness (QED) is 0.631. The van der Waals surface area contributed by atoms with Crippen LogP contribution in [0.1, 0.15) is 45.1 Å². The van der Waals surface area contributed by atoms with Gasteiger partial charge < -0.3 is 0 Å². The molecule has 0 saturated carbocycles. The predicted octanol–water partition coefficient (Wildman–Crippen LogP) is 2.21. The van der Waals surface area contributed by atoms with Gasteiger partial charge in [-0.25, -0.2) is 9.67 Å². The van der Waals surface area contributed by atoms with Gasteiger partial charge in [0, 0.05) is 23.9 Å². The lowest BCUT2D eigenvalue weighted by Gasteiger charge is -2.34. The van der Waals surface area contributed by atoms with E-state index in [-0.39, 0.29) is 11.5 Å². The standard InChI is InChI=1S/C16H25N5/c1-12(2)21-15(18-11-19-21)10-14(20-17)16(3,4)13-8-6-5-7-9-13/h5-9,11-12,14,20H,10,17H2,1-4H3. The molecule has 0 radical (unpaired) electrons. The van der Waals surface area contributed by atoms with Crippen molar-refractivity contribution in [3.05, 3.63) is 48.0 Å². The second kappa shape index (κ2) is 6.37. The largest absolute Gasteiger partial charge is 0.271 e. The lowest BCUT2D eigenvalue weighted by atomic mass is 9.76. The molecule has 2 rings (SSSR count). The van der Waals surface area contributed by atoms with E-state index in [2.05, 4.69) is 67.5 Å². The molecule has 21 heavy (non-hydrogen) atoms. The zero-order valence-electron chi connectivity index (χ0n) is 13.2. The van der Waals surface area contributed by atoms with Crippen molar-refractivity contribution in [2.75, 3.05) is 0 Å². The van der Waals surface area contributed by atoms with E-state index in [1.54, 1.807) is 6.33 Å². The second-order valence-corrected chi connectivity index (χ2v) is 6.23. The third-order valence-corrected chi connectivity index (χ3v) is 4.11. The van der Waals surface area contributed by atoms with Gasteiger partial charge in [-0.1, -0.05) is 44.2 Å². The fraction of sp³-hybridized carbons (Fsp3) is 0.500. The van der Waals surface area contributed by atoms with Crippen molar-refractivity contribution in [2.24, 2.45) is 5.84 Å². The van der Waals surface area contributed by atoms with E-state index >= 15 is 0 Å². The van der Waals surface area contributed by atoms with Crippen LogP contribution >= 0.6 is 0 Å². The Morgan fingerprint density at radius 3 is 2.48 bits per heavy atom. The number of hydrogen-bond acceptors (Lipinski definition) is 4. The van der Waals surface area contributed by atoms with Crippen molar-refractivity contribution in [2.45, 2.75) is 51.6 Å². The number of nitrogens with one attached hydrogen (secondary N) is 1. The Labute approximate surface area is 126 Å². The molecule has 3 N–H and O–H groups in total. The van der Waals surface area contributed by atoms with Crippen LogP contribution < -0.4 is 11.3 Å². The van der Waals surface area contributed by atoms with E-state index in [0.29, 0.717) is 6.04 Å². The molecule has 5 nitrogen and oxygen atoms in total. The summed E-state index contributed by atoms with van der Waals surface area (Å²) in [5.41, 5.74) is 4.11. The number of nitrogens with two attached hydrogens (primary N) is 1. The first kappa shape index (κ1) is 15.7.